The third-order valence-electron chi connectivity index (χ3n) is 3.94. The van der Waals surface area contributed by atoms with E-state index in [0.717, 1.165) is 16.1 Å². The third-order valence-corrected chi connectivity index (χ3v) is 5.06. The van der Waals surface area contributed by atoms with Crippen LogP contribution in [0.15, 0.2) is 48.5 Å². The Morgan fingerprint density at radius 3 is 2.39 bits per heavy atom. The summed E-state index contributed by atoms with van der Waals surface area (Å²) in [6.07, 6.45) is 1.04. The Balaban J connectivity index is 1.94. The number of carbonyl (C=O) groups excluding carboxylic acids is 1. The number of anilines is 2. The van der Waals surface area contributed by atoms with Gasteiger partial charge in [-0.3, -0.25) is 19.2 Å². The summed E-state index contributed by atoms with van der Waals surface area (Å²) in [5.74, 6) is -0.474. The number of hydrogen-bond acceptors (Lipinski definition) is 6. The van der Waals surface area contributed by atoms with Crippen LogP contribution in [0.5, 0.6) is 0 Å². The Morgan fingerprint density at radius 2 is 1.75 bits per heavy atom. The number of amides is 1. The van der Waals surface area contributed by atoms with Crippen molar-refractivity contribution < 1.29 is 18.1 Å². The lowest BCUT2D eigenvalue weighted by Crippen LogP contribution is -2.41. The second-order valence-corrected chi connectivity index (χ2v) is 8.01. The van der Waals surface area contributed by atoms with Crippen LogP contribution in [0.1, 0.15) is 5.56 Å². The highest BCUT2D eigenvalue weighted by Gasteiger charge is 2.22. The average Bonchev–Trinajstić information content (AvgIpc) is 2.63. The van der Waals surface area contributed by atoms with Crippen molar-refractivity contribution in [2.75, 3.05) is 35.5 Å². The molecule has 1 amide bonds. The molecule has 28 heavy (non-hydrogen) atoms. The number of rotatable bonds is 9. The van der Waals surface area contributed by atoms with Gasteiger partial charge in [0.25, 0.3) is 5.69 Å². The molecule has 2 N–H and O–H groups in total. The fourth-order valence-electron chi connectivity index (χ4n) is 2.59. The zero-order valence-electron chi connectivity index (χ0n) is 15.6. The first-order chi connectivity index (χ1) is 13.2. The van der Waals surface area contributed by atoms with E-state index in [2.05, 4.69) is 10.6 Å². The Hall–Kier alpha value is -3.14. The highest BCUT2D eigenvalue weighted by Crippen LogP contribution is 2.23. The van der Waals surface area contributed by atoms with E-state index in [1.807, 2.05) is 0 Å². The molecule has 10 heteroatoms. The first-order valence-electron chi connectivity index (χ1n) is 8.47. The second kappa shape index (κ2) is 9.18. The van der Waals surface area contributed by atoms with Gasteiger partial charge in [0.2, 0.25) is 15.9 Å². The van der Waals surface area contributed by atoms with Crippen molar-refractivity contribution in [3.05, 3.63) is 64.2 Å². The van der Waals surface area contributed by atoms with Crippen molar-refractivity contribution in [3.63, 3.8) is 0 Å². The van der Waals surface area contributed by atoms with Gasteiger partial charge in [-0.1, -0.05) is 30.3 Å². The molecule has 9 nitrogen and oxygen atoms in total. The number of nitrogens with one attached hydrogen (secondary N) is 2. The van der Waals surface area contributed by atoms with Crippen LogP contribution in [0.3, 0.4) is 0 Å². The summed E-state index contributed by atoms with van der Waals surface area (Å²) >= 11 is 0. The predicted octanol–water partition coefficient (Wildman–Crippen LogP) is 1.90. The number of hydrogen-bond donors (Lipinski definition) is 2. The lowest BCUT2D eigenvalue weighted by Gasteiger charge is -2.23. The summed E-state index contributed by atoms with van der Waals surface area (Å²) in [6.45, 7) is 1.84. The smallest absolute Gasteiger partial charge is 0.292 e. The van der Waals surface area contributed by atoms with Gasteiger partial charge in [0.05, 0.1) is 16.9 Å². The maximum atomic E-state index is 12.2. The van der Waals surface area contributed by atoms with Gasteiger partial charge in [-0.15, -0.1) is 0 Å². The SMILES string of the molecule is Cc1ccccc1N(CC(=O)NCCNc1ccccc1[N+](=O)[O-])S(C)(=O)=O. The number of sulfonamides is 1. The Labute approximate surface area is 163 Å². The molecule has 0 aliphatic carbocycles. The minimum absolute atomic E-state index is 0.0587. The van der Waals surface area contributed by atoms with Crippen LogP contribution in [-0.2, 0) is 14.8 Å². The number of nitrogens with zero attached hydrogens (tertiary/aromatic N) is 2. The van der Waals surface area contributed by atoms with E-state index in [0.29, 0.717) is 11.4 Å². The van der Waals surface area contributed by atoms with E-state index in [9.17, 15) is 23.3 Å². The molecule has 150 valence electrons. The van der Waals surface area contributed by atoms with E-state index in [1.54, 1.807) is 49.4 Å². The number of aryl methyl sites for hydroxylation is 1. The van der Waals surface area contributed by atoms with Crippen LogP contribution >= 0.6 is 0 Å². The first kappa shape index (κ1) is 21.2. The van der Waals surface area contributed by atoms with Crippen molar-refractivity contribution in [1.82, 2.24) is 5.32 Å². The molecule has 0 aromatic heterocycles. The fourth-order valence-corrected chi connectivity index (χ4v) is 3.51. The van der Waals surface area contributed by atoms with Crippen molar-refractivity contribution >= 4 is 33.0 Å². The van der Waals surface area contributed by atoms with Crippen molar-refractivity contribution in [1.29, 1.82) is 0 Å². The quantitative estimate of drug-likeness (QED) is 0.373. The van der Waals surface area contributed by atoms with Crippen LogP contribution in [0, 0.1) is 17.0 Å². The molecule has 2 aromatic carbocycles. The molecule has 0 atom stereocenters. The Bertz CT molecular complexity index is 962. The second-order valence-electron chi connectivity index (χ2n) is 6.11. The minimum Gasteiger partial charge on any atom is -0.378 e. The first-order valence-corrected chi connectivity index (χ1v) is 10.3. The van der Waals surface area contributed by atoms with E-state index >= 15 is 0 Å². The summed E-state index contributed by atoms with van der Waals surface area (Å²) in [7, 11) is -3.64. The Morgan fingerprint density at radius 1 is 1.11 bits per heavy atom. The number of benzene rings is 2. The van der Waals surface area contributed by atoms with E-state index in [4.69, 9.17) is 0 Å². The molecule has 0 radical (unpaired) electrons. The van der Waals surface area contributed by atoms with Gasteiger partial charge < -0.3 is 10.6 Å². The number of nitro benzene ring substituents is 1. The number of carbonyl (C=O) groups is 1. The molecule has 0 saturated carbocycles. The van der Waals surface area contributed by atoms with E-state index in [-0.39, 0.29) is 25.3 Å². The summed E-state index contributed by atoms with van der Waals surface area (Å²) < 4.78 is 25.3. The van der Waals surface area contributed by atoms with Gasteiger partial charge >= 0.3 is 0 Å². The van der Waals surface area contributed by atoms with Gasteiger partial charge in [-0.05, 0) is 24.6 Å². The van der Waals surface area contributed by atoms with Crippen molar-refractivity contribution in [2.45, 2.75) is 6.92 Å². The van der Waals surface area contributed by atoms with E-state index in [1.165, 1.54) is 6.07 Å². The molecule has 0 fully saturated rings. The molecule has 0 aliphatic heterocycles. The van der Waals surface area contributed by atoms with Gasteiger partial charge in [0, 0.05) is 19.2 Å². The van der Waals surface area contributed by atoms with Crippen LogP contribution in [0.2, 0.25) is 0 Å². The van der Waals surface area contributed by atoms with Crippen LogP contribution in [0.25, 0.3) is 0 Å². The van der Waals surface area contributed by atoms with Gasteiger partial charge in [0.15, 0.2) is 0 Å². The van der Waals surface area contributed by atoms with Crippen molar-refractivity contribution in [2.24, 2.45) is 0 Å². The molecular weight excluding hydrogens is 384 g/mol. The monoisotopic (exact) mass is 406 g/mol. The maximum absolute atomic E-state index is 12.2. The minimum atomic E-state index is -3.64. The molecule has 0 heterocycles. The highest BCUT2D eigenvalue weighted by molar-refractivity contribution is 7.92. The lowest BCUT2D eigenvalue weighted by molar-refractivity contribution is -0.384. The molecule has 0 unspecified atom stereocenters. The standard InChI is InChI=1S/C18H22N4O5S/c1-14-7-3-5-9-16(14)21(28(2,26)27)13-18(23)20-12-11-19-15-8-4-6-10-17(15)22(24)25/h3-10,19H,11-13H2,1-2H3,(H,20,23). The maximum Gasteiger partial charge on any atom is 0.292 e. The number of nitro groups is 1. The lowest BCUT2D eigenvalue weighted by atomic mass is 10.2. The largest absolute Gasteiger partial charge is 0.378 e. The molecule has 2 aromatic rings. The molecule has 0 saturated heterocycles. The summed E-state index contributed by atoms with van der Waals surface area (Å²) in [5, 5.41) is 16.5. The van der Waals surface area contributed by atoms with Gasteiger partial charge in [-0.25, -0.2) is 8.42 Å². The third kappa shape index (κ3) is 5.68. The van der Waals surface area contributed by atoms with Crippen molar-refractivity contribution in [3.8, 4) is 0 Å². The van der Waals surface area contributed by atoms with Crippen LogP contribution in [-0.4, -0.2) is 45.1 Å². The highest BCUT2D eigenvalue weighted by atomic mass is 32.2. The zero-order valence-corrected chi connectivity index (χ0v) is 16.4. The molecule has 0 bridgehead atoms. The van der Waals surface area contributed by atoms with Crippen LogP contribution < -0.4 is 14.9 Å². The molecule has 0 aliphatic rings. The summed E-state index contributed by atoms with van der Waals surface area (Å²) in [6, 6.07) is 13.1. The summed E-state index contributed by atoms with van der Waals surface area (Å²) in [4.78, 5) is 22.7. The predicted molar refractivity (Wildman–Crippen MR) is 108 cm³/mol. The zero-order chi connectivity index (χ0) is 20.7. The fraction of sp³-hybridized carbons (Fsp3) is 0.278. The molecule has 2 rings (SSSR count). The molecular formula is C18H22N4O5S. The number of para-hydroxylation sites is 3. The Kier molecular flexibility index (Phi) is 6.94. The van der Waals surface area contributed by atoms with Crippen LogP contribution in [0.4, 0.5) is 17.1 Å². The van der Waals surface area contributed by atoms with Gasteiger partial charge in [0.1, 0.15) is 12.2 Å². The summed E-state index contributed by atoms with van der Waals surface area (Å²) in [5.41, 5.74) is 1.47. The van der Waals surface area contributed by atoms with E-state index < -0.39 is 20.9 Å². The normalized spacial score (nSPS) is 10.9. The average molecular weight is 406 g/mol. The topological polar surface area (TPSA) is 122 Å². The van der Waals surface area contributed by atoms with Gasteiger partial charge in [-0.2, -0.15) is 0 Å². The molecule has 0 spiro atoms.